The van der Waals surface area contributed by atoms with E-state index < -0.39 is 6.04 Å². The molecular formula is C14H21ClN2O3. The lowest BCUT2D eigenvalue weighted by molar-refractivity contribution is -0.118. The molecule has 0 bridgehead atoms. The Bertz CT molecular complexity index is 480. The Hall–Kier alpha value is -1.46. The van der Waals surface area contributed by atoms with Crippen molar-refractivity contribution >= 4 is 23.2 Å². The van der Waals surface area contributed by atoms with Crippen LogP contribution >= 0.6 is 11.6 Å². The van der Waals surface area contributed by atoms with E-state index in [-0.39, 0.29) is 11.8 Å². The number of carbonyl (C=O) groups is 1. The number of halogens is 1. The van der Waals surface area contributed by atoms with Crippen molar-refractivity contribution in [2.45, 2.75) is 26.3 Å². The molecule has 2 atom stereocenters. The number of nitrogens with two attached hydrogens (primary N) is 1. The summed E-state index contributed by atoms with van der Waals surface area (Å²) in [6, 6.07) is 2.62. The van der Waals surface area contributed by atoms with Gasteiger partial charge in [0.2, 0.25) is 5.91 Å². The largest absolute Gasteiger partial charge is 0.495 e. The number of amides is 1. The zero-order valence-electron chi connectivity index (χ0n) is 12.2. The Kier molecular flexibility index (Phi) is 6.10. The van der Waals surface area contributed by atoms with Crippen LogP contribution in [0.2, 0.25) is 5.02 Å². The number of carbonyl (C=O) groups excluding carboxylic acids is 1. The maximum Gasteiger partial charge on any atom is 0.241 e. The summed E-state index contributed by atoms with van der Waals surface area (Å²) in [6.07, 6.45) is 0.828. The molecule has 0 aliphatic rings. The van der Waals surface area contributed by atoms with E-state index >= 15 is 0 Å². The molecular weight excluding hydrogens is 280 g/mol. The van der Waals surface area contributed by atoms with E-state index in [1.807, 2.05) is 13.8 Å². The molecule has 0 aliphatic heterocycles. The van der Waals surface area contributed by atoms with Crippen molar-refractivity contribution in [1.29, 1.82) is 0 Å². The fraction of sp³-hybridized carbons (Fsp3) is 0.500. The van der Waals surface area contributed by atoms with E-state index in [4.69, 9.17) is 26.8 Å². The quantitative estimate of drug-likeness (QED) is 0.847. The normalized spacial score (nSPS) is 13.5. The average molecular weight is 301 g/mol. The van der Waals surface area contributed by atoms with Crippen molar-refractivity contribution in [3.05, 3.63) is 17.2 Å². The molecule has 0 unspecified atom stereocenters. The van der Waals surface area contributed by atoms with Crippen LogP contribution in [0.1, 0.15) is 20.3 Å². The molecule has 112 valence electrons. The van der Waals surface area contributed by atoms with Gasteiger partial charge in [0.05, 0.1) is 31.0 Å². The highest BCUT2D eigenvalue weighted by atomic mass is 35.5. The van der Waals surface area contributed by atoms with Gasteiger partial charge in [0.15, 0.2) is 0 Å². The topological polar surface area (TPSA) is 73.6 Å². The van der Waals surface area contributed by atoms with Gasteiger partial charge in [-0.1, -0.05) is 31.9 Å². The highest BCUT2D eigenvalue weighted by Crippen LogP contribution is 2.35. The molecule has 1 aromatic carbocycles. The lowest BCUT2D eigenvalue weighted by Gasteiger charge is -2.19. The van der Waals surface area contributed by atoms with Crippen molar-refractivity contribution < 1.29 is 14.3 Å². The minimum atomic E-state index is -0.578. The van der Waals surface area contributed by atoms with Gasteiger partial charge in [0, 0.05) is 6.07 Å². The molecule has 0 aliphatic carbocycles. The predicted molar refractivity (Wildman–Crippen MR) is 80.6 cm³/mol. The van der Waals surface area contributed by atoms with Crippen LogP contribution in [0.5, 0.6) is 11.5 Å². The van der Waals surface area contributed by atoms with Crippen LogP contribution in [-0.2, 0) is 4.79 Å². The molecule has 0 saturated carbocycles. The summed E-state index contributed by atoms with van der Waals surface area (Å²) in [5.41, 5.74) is 6.37. The molecule has 6 heteroatoms. The smallest absolute Gasteiger partial charge is 0.241 e. The molecule has 0 saturated heterocycles. The third-order valence-electron chi connectivity index (χ3n) is 3.29. The zero-order valence-corrected chi connectivity index (χ0v) is 13.0. The fourth-order valence-electron chi connectivity index (χ4n) is 1.69. The van der Waals surface area contributed by atoms with Crippen LogP contribution in [0.25, 0.3) is 0 Å². The van der Waals surface area contributed by atoms with E-state index in [0.29, 0.717) is 22.2 Å². The van der Waals surface area contributed by atoms with Crippen LogP contribution in [0.15, 0.2) is 12.1 Å². The zero-order chi connectivity index (χ0) is 15.3. The van der Waals surface area contributed by atoms with Gasteiger partial charge in [-0.25, -0.2) is 0 Å². The Labute approximate surface area is 124 Å². The molecule has 1 aromatic rings. The second-order valence-corrected chi connectivity index (χ2v) is 4.99. The van der Waals surface area contributed by atoms with Gasteiger partial charge >= 0.3 is 0 Å². The van der Waals surface area contributed by atoms with Gasteiger partial charge in [-0.15, -0.1) is 0 Å². The molecule has 0 heterocycles. The fourth-order valence-corrected chi connectivity index (χ4v) is 1.93. The third-order valence-corrected chi connectivity index (χ3v) is 3.59. The van der Waals surface area contributed by atoms with Crippen LogP contribution < -0.4 is 20.5 Å². The Morgan fingerprint density at radius 2 is 1.95 bits per heavy atom. The van der Waals surface area contributed by atoms with E-state index in [1.54, 1.807) is 12.1 Å². The first kappa shape index (κ1) is 16.6. The standard InChI is InChI=1S/C14H21ClN2O3/c1-5-8(2)13(16)14(18)17-10-6-9(15)11(19-3)7-12(10)20-4/h6-8,13H,5,16H2,1-4H3,(H,17,18)/t8-,13-/m0/s1. The Morgan fingerprint density at radius 1 is 1.35 bits per heavy atom. The second-order valence-electron chi connectivity index (χ2n) is 4.59. The van der Waals surface area contributed by atoms with E-state index in [2.05, 4.69) is 5.32 Å². The molecule has 0 radical (unpaired) electrons. The molecule has 0 aromatic heterocycles. The predicted octanol–water partition coefficient (Wildman–Crippen LogP) is 2.67. The third kappa shape index (κ3) is 3.77. The van der Waals surface area contributed by atoms with Crippen molar-refractivity contribution in [3.8, 4) is 11.5 Å². The van der Waals surface area contributed by atoms with Gasteiger partial charge in [-0.05, 0) is 12.0 Å². The SMILES string of the molecule is CC[C@H](C)[C@H](N)C(=O)Nc1cc(Cl)c(OC)cc1OC. The molecule has 3 N–H and O–H groups in total. The summed E-state index contributed by atoms with van der Waals surface area (Å²) in [6.45, 7) is 3.92. The molecule has 0 spiro atoms. The molecule has 20 heavy (non-hydrogen) atoms. The maximum absolute atomic E-state index is 12.1. The van der Waals surface area contributed by atoms with E-state index in [0.717, 1.165) is 6.42 Å². The van der Waals surface area contributed by atoms with Gasteiger partial charge in [0.1, 0.15) is 11.5 Å². The number of anilines is 1. The molecule has 1 rings (SSSR count). The summed E-state index contributed by atoms with van der Waals surface area (Å²) < 4.78 is 10.3. The first-order valence-corrected chi connectivity index (χ1v) is 6.80. The van der Waals surface area contributed by atoms with E-state index in [1.165, 1.54) is 14.2 Å². The maximum atomic E-state index is 12.1. The minimum absolute atomic E-state index is 0.0923. The lowest BCUT2D eigenvalue weighted by atomic mass is 9.99. The highest BCUT2D eigenvalue weighted by molar-refractivity contribution is 6.32. The van der Waals surface area contributed by atoms with Gasteiger partial charge in [-0.2, -0.15) is 0 Å². The summed E-state index contributed by atoms with van der Waals surface area (Å²) in [4.78, 5) is 12.1. The summed E-state index contributed by atoms with van der Waals surface area (Å²) in [5.74, 6) is 0.775. The first-order valence-electron chi connectivity index (χ1n) is 6.42. The van der Waals surface area contributed by atoms with Crippen molar-refractivity contribution in [2.24, 2.45) is 11.7 Å². The van der Waals surface area contributed by atoms with Crippen molar-refractivity contribution in [2.75, 3.05) is 19.5 Å². The summed E-state index contributed by atoms with van der Waals surface area (Å²) >= 11 is 6.05. The lowest BCUT2D eigenvalue weighted by Crippen LogP contribution is -2.40. The second kappa shape index (κ2) is 7.36. The number of ether oxygens (including phenoxy) is 2. The number of hydrogen-bond donors (Lipinski definition) is 2. The van der Waals surface area contributed by atoms with Crippen LogP contribution in [0.3, 0.4) is 0 Å². The van der Waals surface area contributed by atoms with Crippen LogP contribution in [0, 0.1) is 5.92 Å². The summed E-state index contributed by atoms with van der Waals surface area (Å²) in [7, 11) is 3.02. The number of benzene rings is 1. The number of hydrogen-bond acceptors (Lipinski definition) is 4. The van der Waals surface area contributed by atoms with Crippen LogP contribution in [-0.4, -0.2) is 26.2 Å². The number of rotatable bonds is 6. The van der Waals surface area contributed by atoms with Crippen molar-refractivity contribution in [1.82, 2.24) is 0 Å². The molecule has 1 amide bonds. The molecule has 5 nitrogen and oxygen atoms in total. The number of nitrogens with one attached hydrogen (secondary N) is 1. The van der Waals surface area contributed by atoms with Crippen molar-refractivity contribution in [3.63, 3.8) is 0 Å². The minimum Gasteiger partial charge on any atom is -0.495 e. The monoisotopic (exact) mass is 300 g/mol. The van der Waals surface area contributed by atoms with Crippen LogP contribution in [0.4, 0.5) is 5.69 Å². The van der Waals surface area contributed by atoms with E-state index in [9.17, 15) is 4.79 Å². The average Bonchev–Trinajstić information content (AvgIpc) is 2.45. The number of methoxy groups -OCH3 is 2. The van der Waals surface area contributed by atoms with Gasteiger partial charge in [-0.3, -0.25) is 4.79 Å². The Morgan fingerprint density at radius 3 is 2.45 bits per heavy atom. The van der Waals surface area contributed by atoms with Gasteiger partial charge in [0.25, 0.3) is 0 Å². The first-order chi connectivity index (χ1) is 9.44. The highest BCUT2D eigenvalue weighted by Gasteiger charge is 2.21. The Balaban J connectivity index is 2.97. The molecule has 0 fully saturated rings. The summed E-state index contributed by atoms with van der Waals surface area (Å²) in [5, 5.41) is 3.13. The van der Waals surface area contributed by atoms with Gasteiger partial charge < -0.3 is 20.5 Å².